The number of aromatic nitrogens is 1. The number of rotatable bonds is 6. The number of aliphatic imine (C=N–C) groups is 1. The van der Waals surface area contributed by atoms with Crippen LogP contribution in [0.5, 0.6) is 5.88 Å². The lowest BCUT2D eigenvalue weighted by atomic mass is 10.2. The molecule has 0 spiro atoms. The van der Waals surface area contributed by atoms with E-state index >= 15 is 0 Å². The van der Waals surface area contributed by atoms with Crippen LogP contribution < -0.4 is 15.4 Å². The van der Waals surface area contributed by atoms with Crippen molar-refractivity contribution in [2.45, 2.75) is 56.4 Å². The Kier molecular flexibility index (Phi) is 6.64. The molecular weight excluding hydrogens is 320 g/mol. The van der Waals surface area contributed by atoms with Crippen molar-refractivity contribution in [1.82, 2.24) is 15.6 Å². The largest absolute Gasteiger partial charge is 0.474 e. The molecule has 0 aromatic carbocycles. The Morgan fingerprint density at radius 3 is 2.92 bits per heavy atom. The van der Waals surface area contributed by atoms with E-state index in [-0.39, 0.29) is 0 Å². The molecule has 0 radical (unpaired) electrons. The summed E-state index contributed by atoms with van der Waals surface area (Å²) in [5, 5.41) is 7.52. The Bertz CT molecular complexity index is 540. The van der Waals surface area contributed by atoms with Gasteiger partial charge in [-0.15, -0.1) is 0 Å². The molecule has 1 aliphatic heterocycles. The molecular formula is C18H28N4OS. The SMILES string of the molecule is CN=C(NCc1ccnc(OC2CCCC2)c1)NCC1CCCS1. The average Bonchev–Trinajstić information content (AvgIpc) is 3.29. The monoisotopic (exact) mass is 348 g/mol. The molecule has 1 aromatic rings. The van der Waals surface area contributed by atoms with Crippen LogP contribution in [-0.4, -0.2) is 41.6 Å². The van der Waals surface area contributed by atoms with Gasteiger partial charge >= 0.3 is 0 Å². The standard InChI is InChI=1S/C18H28N4OS/c1-19-18(22-13-16-7-4-10-24-16)21-12-14-8-9-20-17(11-14)23-15-5-2-3-6-15/h8-9,11,15-16H,2-7,10,12-13H2,1H3,(H2,19,21,22). The highest BCUT2D eigenvalue weighted by atomic mass is 32.2. The minimum absolute atomic E-state index is 0.346. The highest BCUT2D eigenvalue weighted by Gasteiger charge is 2.17. The summed E-state index contributed by atoms with van der Waals surface area (Å²) in [6.45, 7) is 1.71. The van der Waals surface area contributed by atoms with Gasteiger partial charge in [0.25, 0.3) is 0 Å². The van der Waals surface area contributed by atoms with Gasteiger partial charge in [0.1, 0.15) is 6.10 Å². The van der Waals surface area contributed by atoms with E-state index < -0.39 is 0 Å². The van der Waals surface area contributed by atoms with E-state index in [0.29, 0.717) is 6.10 Å². The summed E-state index contributed by atoms with van der Waals surface area (Å²) in [6.07, 6.45) is 9.66. The lowest BCUT2D eigenvalue weighted by molar-refractivity contribution is 0.201. The van der Waals surface area contributed by atoms with Gasteiger partial charge in [0.15, 0.2) is 5.96 Å². The highest BCUT2D eigenvalue weighted by molar-refractivity contribution is 8.00. The van der Waals surface area contributed by atoms with Gasteiger partial charge < -0.3 is 15.4 Å². The topological polar surface area (TPSA) is 58.5 Å². The molecule has 1 atom stereocenters. The number of hydrogen-bond donors (Lipinski definition) is 2. The van der Waals surface area contributed by atoms with Crippen LogP contribution >= 0.6 is 11.8 Å². The highest BCUT2D eigenvalue weighted by Crippen LogP contribution is 2.25. The predicted molar refractivity (Wildman–Crippen MR) is 101 cm³/mol. The van der Waals surface area contributed by atoms with Crippen molar-refractivity contribution >= 4 is 17.7 Å². The fraction of sp³-hybridized carbons (Fsp3) is 0.667. The predicted octanol–water partition coefficient (Wildman–Crippen LogP) is 2.96. The van der Waals surface area contributed by atoms with Gasteiger partial charge in [-0.25, -0.2) is 4.98 Å². The molecule has 6 heteroatoms. The quantitative estimate of drug-likeness (QED) is 0.611. The fourth-order valence-electron chi connectivity index (χ4n) is 3.22. The molecule has 1 saturated carbocycles. The van der Waals surface area contributed by atoms with Crippen LogP contribution in [0, 0.1) is 0 Å². The number of hydrogen-bond acceptors (Lipinski definition) is 4. The average molecular weight is 349 g/mol. The molecule has 2 aliphatic rings. The van der Waals surface area contributed by atoms with Gasteiger partial charge in [0.05, 0.1) is 0 Å². The normalized spacial score (nSPS) is 21.9. The van der Waals surface area contributed by atoms with Crippen molar-refractivity contribution in [3.8, 4) is 5.88 Å². The molecule has 24 heavy (non-hydrogen) atoms. The summed E-state index contributed by atoms with van der Waals surface area (Å²) in [5.74, 6) is 2.89. The number of nitrogens with zero attached hydrogens (tertiary/aromatic N) is 2. The molecule has 2 fully saturated rings. The van der Waals surface area contributed by atoms with Crippen molar-refractivity contribution in [2.75, 3.05) is 19.3 Å². The third kappa shape index (κ3) is 5.30. The Morgan fingerprint density at radius 1 is 1.29 bits per heavy atom. The Morgan fingerprint density at radius 2 is 2.17 bits per heavy atom. The summed E-state index contributed by atoms with van der Waals surface area (Å²) >= 11 is 2.06. The molecule has 1 aliphatic carbocycles. The molecule has 1 aromatic heterocycles. The first kappa shape index (κ1) is 17.4. The van der Waals surface area contributed by atoms with Gasteiger partial charge in [-0.05, 0) is 55.9 Å². The summed E-state index contributed by atoms with van der Waals surface area (Å²) in [6, 6.07) is 4.06. The molecule has 0 bridgehead atoms. The fourth-order valence-corrected chi connectivity index (χ4v) is 4.43. The number of ether oxygens (including phenoxy) is 1. The van der Waals surface area contributed by atoms with E-state index in [1.54, 1.807) is 0 Å². The Balaban J connectivity index is 1.45. The molecule has 2 N–H and O–H groups in total. The molecule has 132 valence electrons. The first-order valence-electron chi connectivity index (χ1n) is 9.01. The molecule has 1 saturated heterocycles. The second-order valence-electron chi connectivity index (χ2n) is 6.47. The number of pyridine rings is 1. The lowest BCUT2D eigenvalue weighted by Gasteiger charge is -2.15. The smallest absolute Gasteiger partial charge is 0.213 e. The maximum absolute atomic E-state index is 5.98. The maximum Gasteiger partial charge on any atom is 0.213 e. The minimum Gasteiger partial charge on any atom is -0.474 e. The van der Waals surface area contributed by atoms with Gasteiger partial charge in [0.2, 0.25) is 5.88 Å². The Hall–Kier alpha value is -1.43. The first-order chi connectivity index (χ1) is 11.8. The van der Waals surface area contributed by atoms with Crippen LogP contribution in [0.15, 0.2) is 23.3 Å². The second kappa shape index (κ2) is 9.16. The van der Waals surface area contributed by atoms with Crippen LogP contribution in [-0.2, 0) is 6.54 Å². The van der Waals surface area contributed by atoms with Gasteiger partial charge in [-0.3, -0.25) is 4.99 Å². The number of nitrogens with one attached hydrogen (secondary N) is 2. The summed E-state index contributed by atoms with van der Waals surface area (Å²) < 4.78 is 5.98. The zero-order valence-electron chi connectivity index (χ0n) is 14.5. The summed E-state index contributed by atoms with van der Waals surface area (Å²) in [5.41, 5.74) is 1.16. The number of thioether (sulfide) groups is 1. The van der Waals surface area contributed by atoms with Gasteiger partial charge in [-0.1, -0.05) is 0 Å². The summed E-state index contributed by atoms with van der Waals surface area (Å²) in [7, 11) is 1.82. The molecule has 5 nitrogen and oxygen atoms in total. The van der Waals surface area contributed by atoms with E-state index in [2.05, 4.69) is 32.4 Å². The molecule has 2 heterocycles. The van der Waals surface area contributed by atoms with E-state index in [0.717, 1.165) is 48.6 Å². The number of guanidine groups is 1. The molecule has 1 unspecified atom stereocenters. The first-order valence-corrected chi connectivity index (χ1v) is 10.1. The van der Waals surface area contributed by atoms with Crippen LogP contribution in [0.4, 0.5) is 0 Å². The minimum atomic E-state index is 0.346. The van der Waals surface area contributed by atoms with Crippen LogP contribution in [0.2, 0.25) is 0 Å². The second-order valence-corrected chi connectivity index (χ2v) is 7.88. The van der Waals surface area contributed by atoms with Crippen molar-refractivity contribution in [3.63, 3.8) is 0 Å². The molecule has 3 rings (SSSR count). The van der Waals surface area contributed by atoms with Crippen molar-refractivity contribution in [3.05, 3.63) is 23.9 Å². The lowest BCUT2D eigenvalue weighted by Crippen LogP contribution is -2.39. The van der Waals surface area contributed by atoms with Crippen LogP contribution in [0.3, 0.4) is 0 Å². The van der Waals surface area contributed by atoms with Crippen molar-refractivity contribution < 1.29 is 4.74 Å². The van der Waals surface area contributed by atoms with E-state index in [4.69, 9.17) is 4.74 Å². The van der Waals surface area contributed by atoms with Crippen LogP contribution in [0.25, 0.3) is 0 Å². The Labute approximate surface area is 149 Å². The maximum atomic E-state index is 5.98. The van der Waals surface area contributed by atoms with Crippen molar-refractivity contribution in [1.29, 1.82) is 0 Å². The van der Waals surface area contributed by atoms with E-state index in [1.165, 1.54) is 31.4 Å². The van der Waals surface area contributed by atoms with Crippen LogP contribution in [0.1, 0.15) is 44.1 Å². The third-order valence-electron chi connectivity index (χ3n) is 4.59. The van der Waals surface area contributed by atoms with Crippen molar-refractivity contribution in [2.24, 2.45) is 4.99 Å². The van der Waals surface area contributed by atoms with Gasteiger partial charge in [-0.2, -0.15) is 11.8 Å². The zero-order chi connectivity index (χ0) is 16.6. The van der Waals surface area contributed by atoms with E-state index in [9.17, 15) is 0 Å². The van der Waals surface area contributed by atoms with Gasteiger partial charge in [0, 0.05) is 37.7 Å². The molecule has 0 amide bonds. The van der Waals surface area contributed by atoms with E-state index in [1.807, 2.05) is 25.4 Å². The third-order valence-corrected chi connectivity index (χ3v) is 5.99. The summed E-state index contributed by atoms with van der Waals surface area (Å²) in [4.78, 5) is 8.65. The zero-order valence-corrected chi connectivity index (χ0v) is 15.3.